The Morgan fingerprint density at radius 2 is 1.83 bits per heavy atom. The number of carbonyl (C=O) groups excluding carboxylic acids is 1. The van der Waals surface area contributed by atoms with Crippen molar-refractivity contribution in [3.63, 3.8) is 0 Å². The highest BCUT2D eigenvalue weighted by Gasteiger charge is 2.23. The second-order valence-corrected chi connectivity index (χ2v) is 7.64. The van der Waals surface area contributed by atoms with Crippen molar-refractivity contribution in [2.45, 2.75) is 46.1 Å². The molecule has 0 bridgehead atoms. The quantitative estimate of drug-likeness (QED) is 0.717. The second-order valence-electron chi connectivity index (χ2n) is 7.64. The van der Waals surface area contributed by atoms with Crippen LogP contribution >= 0.6 is 0 Å². The molecule has 1 amide bonds. The van der Waals surface area contributed by atoms with Gasteiger partial charge in [-0.1, -0.05) is 6.42 Å². The summed E-state index contributed by atoms with van der Waals surface area (Å²) in [6.45, 7) is 11.6. The maximum Gasteiger partial charge on any atom is 0.238 e. The van der Waals surface area contributed by atoms with Gasteiger partial charge < -0.3 is 24.4 Å². The fourth-order valence-electron chi connectivity index (χ4n) is 4.01. The lowest BCUT2D eigenvalue weighted by Gasteiger charge is -2.33. The molecule has 0 spiro atoms. The van der Waals surface area contributed by atoms with Gasteiger partial charge in [-0.15, -0.1) is 0 Å². The van der Waals surface area contributed by atoms with Crippen LogP contribution in [0.15, 0.2) is 12.1 Å². The molecule has 1 unspecified atom stereocenters. The first kappa shape index (κ1) is 21.7. The third kappa shape index (κ3) is 5.76. The van der Waals surface area contributed by atoms with Crippen molar-refractivity contribution < 1.29 is 19.0 Å². The number of nitrogens with zero attached hydrogens (tertiary/aromatic N) is 2. The van der Waals surface area contributed by atoms with E-state index in [2.05, 4.69) is 22.0 Å². The molecule has 7 nitrogen and oxygen atoms in total. The molecule has 1 aromatic carbocycles. The second kappa shape index (κ2) is 10.7. The van der Waals surface area contributed by atoms with Gasteiger partial charge in [-0.05, 0) is 40.2 Å². The Bertz CT molecular complexity index is 676. The lowest BCUT2D eigenvalue weighted by Crippen LogP contribution is -2.42. The van der Waals surface area contributed by atoms with Crippen molar-refractivity contribution in [1.29, 1.82) is 0 Å². The van der Waals surface area contributed by atoms with E-state index in [4.69, 9.17) is 14.2 Å². The van der Waals surface area contributed by atoms with Crippen LogP contribution in [0.4, 0.5) is 11.4 Å². The Kier molecular flexibility index (Phi) is 8.00. The van der Waals surface area contributed by atoms with Crippen molar-refractivity contribution in [2.24, 2.45) is 0 Å². The SMILES string of the molecule is CCOc1cc(N2CCOCC2)c(OCC)cc1NC(=O)CN1CCCCC1C. The molecule has 2 aliphatic rings. The van der Waals surface area contributed by atoms with E-state index in [1.807, 2.05) is 26.0 Å². The van der Waals surface area contributed by atoms with Crippen molar-refractivity contribution in [2.75, 3.05) is 62.8 Å². The highest BCUT2D eigenvalue weighted by molar-refractivity contribution is 5.94. The summed E-state index contributed by atoms with van der Waals surface area (Å²) in [5.74, 6) is 1.43. The number of hydrogen-bond donors (Lipinski definition) is 1. The molecule has 7 heteroatoms. The van der Waals surface area contributed by atoms with Gasteiger partial charge in [0, 0.05) is 31.3 Å². The number of ether oxygens (including phenoxy) is 3. The van der Waals surface area contributed by atoms with E-state index in [1.54, 1.807) is 0 Å². The number of carbonyl (C=O) groups is 1. The van der Waals surface area contributed by atoms with Gasteiger partial charge >= 0.3 is 0 Å². The van der Waals surface area contributed by atoms with Crippen molar-refractivity contribution in [3.8, 4) is 11.5 Å². The monoisotopic (exact) mass is 405 g/mol. The van der Waals surface area contributed by atoms with E-state index >= 15 is 0 Å². The fraction of sp³-hybridized carbons (Fsp3) is 0.682. The molecule has 2 saturated heterocycles. The summed E-state index contributed by atoms with van der Waals surface area (Å²) in [5, 5.41) is 3.06. The van der Waals surface area contributed by atoms with Crippen molar-refractivity contribution in [3.05, 3.63) is 12.1 Å². The van der Waals surface area contributed by atoms with Gasteiger partial charge in [0.15, 0.2) is 0 Å². The van der Waals surface area contributed by atoms with E-state index < -0.39 is 0 Å². The maximum atomic E-state index is 12.8. The van der Waals surface area contributed by atoms with Crippen LogP contribution in [0, 0.1) is 0 Å². The minimum atomic E-state index is -0.0127. The number of anilines is 2. The first-order valence-electron chi connectivity index (χ1n) is 10.9. The number of hydrogen-bond acceptors (Lipinski definition) is 6. The smallest absolute Gasteiger partial charge is 0.238 e. The zero-order valence-electron chi connectivity index (χ0n) is 18.0. The van der Waals surface area contributed by atoms with Crippen LogP contribution in [-0.2, 0) is 9.53 Å². The van der Waals surface area contributed by atoms with Crippen molar-refractivity contribution in [1.82, 2.24) is 4.90 Å². The predicted molar refractivity (Wildman–Crippen MR) is 115 cm³/mol. The Labute approximate surface area is 174 Å². The third-order valence-electron chi connectivity index (χ3n) is 5.57. The Morgan fingerprint density at radius 1 is 1.10 bits per heavy atom. The van der Waals surface area contributed by atoms with Crippen LogP contribution in [-0.4, -0.2) is 69.5 Å². The fourth-order valence-corrected chi connectivity index (χ4v) is 4.01. The lowest BCUT2D eigenvalue weighted by atomic mass is 10.0. The molecule has 0 radical (unpaired) electrons. The molecule has 162 valence electrons. The van der Waals surface area contributed by atoms with E-state index in [0.717, 1.165) is 43.9 Å². The number of benzene rings is 1. The van der Waals surface area contributed by atoms with Crippen molar-refractivity contribution >= 4 is 17.3 Å². The van der Waals surface area contributed by atoms with E-state index in [0.29, 0.717) is 50.5 Å². The minimum Gasteiger partial charge on any atom is -0.492 e. The first-order valence-corrected chi connectivity index (χ1v) is 10.9. The molecular formula is C22H35N3O4. The molecular weight excluding hydrogens is 370 g/mol. The van der Waals surface area contributed by atoms with Gasteiger partial charge in [0.05, 0.1) is 44.3 Å². The number of nitrogens with one attached hydrogen (secondary N) is 1. The molecule has 1 atom stereocenters. The predicted octanol–water partition coefficient (Wildman–Crippen LogP) is 3.13. The molecule has 2 fully saturated rings. The van der Waals surface area contributed by atoms with Crippen LogP contribution < -0.4 is 19.7 Å². The number of piperidine rings is 1. The normalized spacial score (nSPS) is 20.4. The average molecular weight is 406 g/mol. The standard InChI is InChI=1S/C22H35N3O4/c1-4-28-20-15-19(24-10-12-27-13-11-24)21(29-5-2)14-18(20)23-22(26)16-25-9-7-6-8-17(25)3/h14-15,17H,4-13,16H2,1-3H3,(H,23,26). The lowest BCUT2D eigenvalue weighted by molar-refractivity contribution is -0.118. The first-order chi connectivity index (χ1) is 14.1. The Morgan fingerprint density at radius 3 is 2.52 bits per heavy atom. The van der Waals surface area contributed by atoms with Gasteiger partial charge in [0.1, 0.15) is 11.5 Å². The van der Waals surface area contributed by atoms with Gasteiger partial charge in [0.25, 0.3) is 0 Å². The van der Waals surface area contributed by atoms with Crippen LogP contribution in [0.25, 0.3) is 0 Å². The minimum absolute atomic E-state index is 0.0127. The molecule has 1 N–H and O–H groups in total. The van der Waals surface area contributed by atoms with E-state index in [9.17, 15) is 4.79 Å². The number of rotatable bonds is 8. The summed E-state index contributed by atoms with van der Waals surface area (Å²) in [5.41, 5.74) is 1.66. The highest BCUT2D eigenvalue weighted by Crippen LogP contribution is 2.39. The highest BCUT2D eigenvalue weighted by atomic mass is 16.5. The van der Waals surface area contributed by atoms with Crippen LogP contribution in [0.1, 0.15) is 40.0 Å². The van der Waals surface area contributed by atoms with Gasteiger partial charge in [0.2, 0.25) is 5.91 Å². The summed E-state index contributed by atoms with van der Waals surface area (Å²) in [6.07, 6.45) is 3.55. The zero-order valence-corrected chi connectivity index (χ0v) is 18.0. The van der Waals surface area contributed by atoms with Crippen LogP contribution in [0.3, 0.4) is 0 Å². The Hall–Kier alpha value is -1.99. The topological polar surface area (TPSA) is 63.3 Å². The van der Waals surface area contributed by atoms with Crippen LogP contribution in [0.5, 0.6) is 11.5 Å². The summed E-state index contributed by atoms with van der Waals surface area (Å²) < 4.78 is 17.3. The molecule has 0 aromatic heterocycles. The number of likely N-dealkylation sites (tertiary alicyclic amines) is 1. The number of morpholine rings is 1. The van der Waals surface area contributed by atoms with Gasteiger partial charge in [-0.25, -0.2) is 0 Å². The summed E-state index contributed by atoms with van der Waals surface area (Å²) in [7, 11) is 0. The summed E-state index contributed by atoms with van der Waals surface area (Å²) in [4.78, 5) is 17.3. The molecule has 3 rings (SSSR count). The van der Waals surface area contributed by atoms with Crippen LogP contribution in [0.2, 0.25) is 0 Å². The Balaban J connectivity index is 1.80. The molecule has 1 aromatic rings. The number of amides is 1. The van der Waals surface area contributed by atoms with Gasteiger partial charge in [-0.2, -0.15) is 0 Å². The molecule has 0 aliphatic carbocycles. The molecule has 2 aliphatic heterocycles. The van der Waals surface area contributed by atoms with E-state index in [-0.39, 0.29) is 5.91 Å². The van der Waals surface area contributed by atoms with E-state index in [1.165, 1.54) is 6.42 Å². The molecule has 29 heavy (non-hydrogen) atoms. The zero-order chi connectivity index (χ0) is 20.6. The molecule has 0 saturated carbocycles. The molecule has 2 heterocycles. The average Bonchev–Trinajstić information content (AvgIpc) is 2.72. The van der Waals surface area contributed by atoms with Gasteiger partial charge in [-0.3, -0.25) is 9.69 Å². The summed E-state index contributed by atoms with van der Waals surface area (Å²) >= 11 is 0. The largest absolute Gasteiger partial charge is 0.492 e. The maximum absolute atomic E-state index is 12.8. The summed E-state index contributed by atoms with van der Waals surface area (Å²) in [6, 6.07) is 4.33. The third-order valence-corrected chi connectivity index (χ3v) is 5.57.